The highest BCUT2D eigenvalue weighted by Crippen LogP contribution is 2.30. The fourth-order valence-corrected chi connectivity index (χ4v) is 2.37. The molecule has 6 heteroatoms. The topological polar surface area (TPSA) is 93.6 Å². The molecule has 1 aromatic heterocycles. The Labute approximate surface area is 124 Å². The number of phenolic OH excluding ortho intramolecular Hbond substituents is 1. The van der Waals surface area contributed by atoms with E-state index in [0.717, 1.165) is 0 Å². The summed E-state index contributed by atoms with van der Waals surface area (Å²) in [6.45, 7) is 1.66. The van der Waals surface area contributed by atoms with Gasteiger partial charge in [-0.05, 0) is 37.3 Å². The summed E-state index contributed by atoms with van der Waals surface area (Å²) in [6, 6.07) is 9.90. The Kier molecular flexibility index (Phi) is 3.14. The van der Waals surface area contributed by atoms with E-state index in [9.17, 15) is 20.0 Å². The Bertz CT molecular complexity index is 893. The minimum Gasteiger partial charge on any atom is -0.508 e. The lowest BCUT2D eigenvalue weighted by Gasteiger charge is -2.01. The fraction of sp³-hybridized carbons (Fsp3) is 0.0625. The summed E-state index contributed by atoms with van der Waals surface area (Å²) < 4.78 is 5.52. The number of non-ortho nitro benzene ring substituents is 1. The van der Waals surface area contributed by atoms with Gasteiger partial charge in [0.2, 0.25) is 0 Å². The van der Waals surface area contributed by atoms with Crippen LogP contribution in [0.15, 0.2) is 46.9 Å². The first kappa shape index (κ1) is 13.8. The first-order valence-corrected chi connectivity index (χ1v) is 6.48. The van der Waals surface area contributed by atoms with Gasteiger partial charge in [-0.1, -0.05) is 0 Å². The van der Waals surface area contributed by atoms with Gasteiger partial charge in [-0.3, -0.25) is 14.9 Å². The van der Waals surface area contributed by atoms with E-state index >= 15 is 0 Å². The third-order valence-corrected chi connectivity index (χ3v) is 3.41. The van der Waals surface area contributed by atoms with E-state index in [-0.39, 0.29) is 17.2 Å². The largest absolute Gasteiger partial charge is 0.508 e. The molecule has 2 aromatic carbocycles. The molecule has 3 aromatic rings. The molecule has 110 valence electrons. The highest BCUT2D eigenvalue weighted by Gasteiger charge is 2.20. The normalized spacial score (nSPS) is 10.8. The van der Waals surface area contributed by atoms with Crippen LogP contribution in [0.25, 0.3) is 11.0 Å². The summed E-state index contributed by atoms with van der Waals surface area (Å²) in [6.07, 6.45) is 0. The number of ketones is 1. The van der Waals surface area contributed by atoms with Crippen LogP contribution < -0.4 is 0 Å². The zero-order chi connectivity index (χ0) is 15.9. The highest BCUT2D eigenvalue weighted by atomic mass is 16.6. The maximum Gasteiger partial charge on any atom is 0.269 e. The van der Waals surface area contributed by atoms with E-state index < -0.39 is 4.92 Å². The molecule has 6 nitrogen and oxygen atoms in total. The van der Waals surface area contributed by atoms with Gasteiger partial charge in [-0.2, -0.15) is 0 Å². The van der Waals surface area contributed by atoms with E-state index in [1.165, 1.54) is 36.4 Å². The number of carbonyl (C=O) groups excluding carboxylic acids is 1. The Morgan fingerprint density at radius 1 is 1.18 bits per heavy atom. The van der Waals surface area contributed by atoms with Crippen molar-refractivity contribution in [2.24, 2.45) is 0 Å². The van der Waals surface area contributed by atoms with E-state index in [1.54, 1.807) is 13.0 Å². The van der Waals surface area contributed by atoms with Gasteiger partial charge in [0.1, 0.15) is 17.1 Å². The second-order valence-electron chi connectivity index (χ2n) is 4.85. The second kappa shape index (κ2) is 5.00. The molecule has 1 N–H and O–H groups in total. The summed E-state index contributed by atoms with van der Waals surface area (Å²) in [4.78, 5) is 22.8. The lowest BCUT2D eigenvalue weighted by molar-refractivity contribution is -0.384. The molecule has 3 rings (SSSR count). The van der Waals surface area contributed by atoms with Crippen LogP contribution in [0.5, 0.6) is 5.75 Å². The van der Waals surface area contributed by atoms with Gasteiger partial charge in [0.15, 0.2) is 5.78 Å². The van der Waals surface area contributed by atoms with Gasteiger partial charge in [0, 0.05) is 23.1 Å². The smallest absolute Gasteiger partial charge is 0.269 e. The number of benzene rings is 2. The van der Waals surface area contributed by atoms with Gasteiger partial charge in [-0.25, -0.2) is 0 Å². The number of carbonyl (C=O) groups is 1. The lowest BCUT2D eigenvalue weighted by Crippen LogP contribution is -2.02. The molecule has 0 spiro atoms. The number of nitro benzene ring substituents is 1. The SMILES string of the molecule is Cc1oc2ccc(O)cc2c1C(=O)c1ccc([N+](=O)[O-])cc1. The standard InChI is InChI=1S/C16H11NO5/c1-9-15(13-8-12(18)6-7-14(13)22-9)16(19)10-2-4-11(5-3-10)17(20)21/h2-8,18H,1H3. The van der Waals surface area contributed by atoms with E-state index in [1.807, 2.05) is 0 Å². The zero-order valence-corrected chi connectivity index (χ0v) is 11.6. The highest BCUT2D eigenvalue weighted by molar-refractivity contribution is 6.17. The predicted molar refractivity (Wildman–Crippen MR) is 79.1 cm³/mol. The number of hydrogen-bond acceptors (Lipinski definition) is 5. The van der Waals surface area contributed by atoms with Crippen LogP contribution in [-0.4, -0.2) is 15.8 Å². The zero-order valence-electron chi connectivity index (χ0n) is 11.6. The van der Waals surface area contributed by atoms with Crippen molar-refractivity contribution in [1.29, 1.82) is 0 Å². The van der Waals surface area contributed by atoms with Crippen molar-refractivity contribution in [2.45, 2.75) is 6.92 Å². The van der Waals surface area contributed by atoms with Crippen LogP contribution in [0.1, 0.15) is 21.7 Å². The third kappa shape index (κ3) is 2.20. The molecule has 0 saturated heterocycles. The summed E-state index contributed by atoms with van der Waals surface area (Å²) in [5, 5.41) is 20.8. The third-order valence-electron chi connectivity index (χ3n) is 3.41. The van der Waals surface area contributed by atoms with Crippen LogP contribution in [-0.2, 0) is 0 Å². The first-order chi connectivity index (χ1) is 10.5. The molecule has 0 fully saturated rings. The summed E-state index contributed by atoms with van der Waals surface area (Å²) in [7, 11) is 0. The van der Waals surface area contributed by atoms with Crippen molar-refractivity contribution in [3.63, 3.8) is 0 Å². The van der Waals surface area contributed by atoms with E-state index in [4.69, 9.17) is 4.42 Å². The van der Waals surface area contributed by atoms with Gasteiger partial charge in [-0.15, -0.1) is 0 Å². The Morgan fingerprint density at radius 3 is 2.50 bits per heavy atom. The van der Waals surface area contributed by atoms with Gasteiger partial charge >= 0.3 is 0 Å². The second-order valence-corrected chi connectivity index (χ2v) is 4.85. The van der Waals surface area contributed by atoms with Crippen LogP contribution >= 0.6 is 0 Å². The Balaban J connectivity index is 2.10. The maximum atomic E-state index is 12.6. The molecule has 0 aliphatic carbocycles. The van der Waals surface area contributed by atoms with Gasteiger partial charge in [0.25, 0.3) is 5.69 Å². The van der Waals surface area contributed by atoms with Gasteiger partial charge < -0.3 is 9.52 Å². The number of rotatable bonds is 3. The molecule has 0 aliphatic heterocycles. The van der Waals surface area contributed by atoms with E-state index in [2.05, 4.69) is 0 Å². The number of nitro groups is 1. The lowest BCUT2D eigenvalue weighted by atomic mass is 10.00. The monoisotopic (exact) mass is 297 g/mol. The van der Waals surface area contributed by atoms with Crippen molar-refractivity contribution in [3.05, 3.63) is 69.5 Å². The average molecular weight is 297 g/mol. The first-order valence-electron chi connectivity index (χ1n) is 6.48. The number of furan rings is 1. The van der Waals surface area contributed by atoms with Crippen LogP contribution in [0.3, 0.4) is 0 Å². The van der Waals surface area contributed by atoms with Crippen LogP contribution in [0.4, 0.5) is 5.69 Å². The van der Waals surface area contributed by atoms with Crippen molar-refractivity contribution < 1.29 is 19.2 Å². The molecule has 0 atom stereocenters. The average Bonchev–Trinajstić information content (AvgIpc) is 2.82. The minimum atomic E-state index is -0.523. The number of aromatic hydroxyl groups is 1. The van der Waals surface area contributed by atoms with Crippen LogP contribution in [0, 0.1) is 17.0 Å². The quantitative estimate of drug-likeness (QED) is 0.453. The molecule has 0 aliphatic rings. The summed E-state index contributed by atoms with van der Waals surface area (Å²) in [5.41, 5.74) is 1.09. The molecule has 0 amide bonds. The molecular formula is C16H11NO5. The molecule has 1 heterocycles. The number of aryl methyl sites for hydroxylation is 1. The summed E-state index contributed by atoms with van der Waals surface area (Å²) in [5.74, 6) is 0.159. The minimum absolute atomic E-state index is 0.0334. The van der Waals surface area contributed by atoms with Crippen LogP contribution in [0.2, 0.25) is 0 Å². The molecule has 22 heavy (non-hydrogen) atoms. The van der Waals surface area contributed by atoms with Crippen molar-refractivity contribution in [1.82, 2.24) is 0 Å². The predicted octanol–water partition coefficient (Wildman–Crippen LogP) is 3.59. The van der Waals surface area contributed by atoms with Crippen molar-refractivity contribution in [2.75, 3.05) is 0 Å². The molecule has 0 radical (unpaired) electrons. The molecule has 0 unspecified atom stereocenters. The number of hydrogen-bond donors (Lipinski definition) is 1. The summed E-state index contributed by atoms with van der Waals surface area (Å²) >= 11 is 0. The molecule has 0 saturated carbocycles. The number of phenols is 1. The van der Waals surface area contributed by atoms with E-state index in [0.29, 0.717) is 27.9 Å². The maximum absolute atomic E-state index is 12.6. The Morgan fingerprint density at radius 2 is 1.86 bits per heavy atom. The molecule has 0 bridgehead atoms. The van der Waals surface area contributed by atoms with Crippen molar-refractivity contribution >= 4 is 22.4 Å². The fourth-order valence-electron chi connectivity index (χ4n) is 2.37. The number of fused-ring (bicyclic) bond motifs is 1. The molecular weight excluding hydrogens is 286 g/mol. The number of nitrogens with zero attached hydrogens (tertiary/aromatic N) is 1. The van der Waals surface area contributed by atoms with Crippen molar-refractivity contribution in [3.8, 4) is 5.75 Å². The van der Waals surface area contributed by atoms with Gasteiger partial charge in [0.05, 0.1) is 10.5 Å². The Hall–Kier alpha value is -3.15.